The number of nitrogens with one attached hydrogen (secondary N) is 1. The molecule has 25 heavy (non-hydrogen) atoms. The molecule has 8 heteroatoms. The van der Waals surface area contributed by atoms with Gasteiger partial charge >= 0.3 is 12.1 Å². The molecule has 134 valence electrons. The van der Waals surface area contributed by atoms with E-state index in [1.54, 1.807) is 24.3 Å². The fraction of sp³-hybridized carbons (Fsp3) is 0.412. The summed E-state index contributed by atoms with van der Waals surface area (Å²) in [5, 5.41) is 9.36. The van der Waals surface area contributed by atoms with E-state index in [1.807, 2.05) is 0 Å². The molecule has 0 saturated heterocycles. The Morgan fingerprint density at radius 1 is 1.24 bits per heavy atom. The topological polar surface area (TPSA) is 73.4 Å². The Balaban J connectivity index is 1.93. The van der Waals surface area contributed by atoms with Crippen molar-refractivity contribution < 1.29 is 27.9 Å². The molecule has 0 bridgehead atoms. The minimum absolute atomic E-state index is 0.00605. The van der Waals surface area contributed by atoms with Crippen LogP contribution >= 0.6 is 0 Å². The summed E-state index contributed by atoms with van der Waals surface area (Å²) in [5.41, 5.74) is 1.21. The molecule has 1 amide bonds. The van der Waals surface area contributed by atoms with Gasteiger partial charge in [-0.3, -0.25) is 9.59 Å². The first-order valence-electron chi connectivity index (χ1n) is 7.96. The van der Waals surface area contributed by atoms with Gasteiger partial charge in [-0.2, -0.15) is 13.2 Å². The van der Waals surface area contributed by atoms with E-state index >= 15 is 0 Å². The summed E-state index contributed by atoms with van der Waals surface area (Å²) in [6.45, 7) is -0.0368. The van der Waals surface area contributed by atoms with E-state index in [9.17, 15) is 22.8 Å². The number of carboxylic acid groups (broad SMARTS) is 1. The maximum Gasteiger partial charge on any atom is 0.414 e. The van der Waals surface area contributed by atoms with Crippen LogP contribution in [-0.4, -0.2) is 39.6 Å². The first-order chi connectivity index (χ1) is 11.8. The number of carbonyl (C=O) groups is 2. The van der Waals surface area contributed by atoms with Gasteiger partial charge in [0.25, 0.3) is 0 Å². The van der Waals surface area contributed by atoms with Crippen molar-refractivity contribution in [2.24, 2.45) is 0 Å². The number of aromatic amines is 1. The maximum atomic E-state index is 13.7. The van der Waals surface area contributed by atoms with Crippen molar-refractivity contribution in [2.45, 2.75) is 37.9 Å². The van der Waals surface area contributed by atoms with Crippen LogP contribution in [0.4, 0.5) is 13.2 Å². The van der Waals surface area contributed by atoms with Crippen LogP contribution in [0.2, 0.25) is 0 Å². The number of carboxylic acids is 1. The molecule has 1 atom stereocenters. The van der Waals surface area contributed by atoms with Gasteiger partial charge in [0.2, 0.25) is 5.91 Å². The standard InChI is InChI=1S/C17H17F3N2O3/c18-17(19,20)16-15-11(10-4-1-2-5-12(10)21-15)8-9-22(16)13(23)6-3-7-14(24)25/h1-2,4-5,16,21H,3,6-9H2,(H,24,25)/t16-/m0/s1. The Morgan fingerprint density at radius 3 is 2.64 bits per heavy atom. The predicted molar refractivity (Wildman–Crippen MR) is 84.0 cm³/mol. The van der Waals surface area contributed by atoms with Gasteiger partial charge in [-0.25, -0.2) is 0 Å². The summed E-state index contributed by atoms with van der Waals surface area (Å²) in [6.07, 6.45) is -4.72. The lowest BCUT2D eigenvalue weighted by molar-refractivity contribution is -0.195. The molecule has 0 saturated carbocycles. The molecule has 2 heterocycles. The lowest BCUT2D eigenvalue weighted by atomic mass is 9.96. The predicted octanol–water partition coefficient (Wildman–Crippen LogP) is 3.41. The number of hydrogen-bond acceptors (Lipinski definition) is 2. The van der Waals surface area contributed by atoms with Gasteiger partial charge in [-0.15, -0.1) is 0 Å². The summed E-state index contributed by atoms with van der Waals surface area (Å²) in [5.74, 6) is -1.75. The van der Waals surface area contributed by atoms with Crippen LogP contribution in [-0.2, 0) is 16.0 Å². The number of alkyl halides is 3. The van der Waals surface area contributed by atoms with E-state index in [-0.39, 0.29) is 31.5 Å². The lowest BCUT2D eigenvalue weighted by Crippen LogP contribution is -2.46. The molecular weight excluding hydrogens is 337 g/mol. The van der Waals surface area contributed by atoms with E-state index in [0.717, 1.165) is 10.3 Å². The molecule has 1 aliphatic heterocycles. The van der Waals surface area contributed by atoms with Crippen molar-refractivity contribution in [3.8, 4) is 0 Å². The highest BCUT2D eigenvalue weighted by molar-refractivity contribution is 5.86. The van der Waals surface area contributed by atoms with Gasteiger partial charge in [0.1, 0.15) is 0 Å². The molecule has 0 fully saturated rings. The fourth-order valence-electron chi connectivity index (χ4n) is 3.38. The second kappa shape index (κ2) is 6.42. The highest BCUT2D eigenvalue weighted by Gasteiger charge is 2.50. The van der Waals surface area contributed by atoms with Gasteiger partial charge in [0.15, 0.2) is 6.04 Å². The van der Waals surface area contributed by atoms with Crippen LogP contribution in [0.3, 0.4) is 0 Å². The van der Waals surface area contributed by atoms with Crippen molar-refractivity contribution in [3.63, 3.8) is 0 Å². The summed E-state index contributed by atoms with van der Waals surface area (Å²) in [7, 11) is 0. The first-order valence-corrected chi connectivity index (χ1v) is 7.96. The average Bonchev–Trinajstić information content (AvgIpc) is 2.90. The molecule has 0 aliphatic carbocycles. The zero-order valence-corrected chi connectivity index (χ0v) is 13.3. The van der Waals surface area contributed by atoms with Crippen LogP contribution in [0.15, 0.2) is 24.3 Å². The van der Waals surface area contributed by atoms with E-state index in [1.165, 1.54) is 0 Å². The maximum absolute atomic E-state index is 13.7. The number of hydrogen-bond donors (Lipinski definition) is 2. The summed E-state index contributed by atoms with van der Waals surface area (Å²) < 4.78 is 41.1. The van der Waals surface area contributed by atoms with Crippen molar-refractivity contribution in [1.82, 2.24) is 9.88 Å². The SMILES string of the molecule is O=C(O)CCCC(=O)N1CCc2c([nH]c3ccccc23)[C@H]1C(F)(F)F. The third-order valence-corrected chi connectivity index (χ3v) is 4.45. The number of nitrogens with zero attached hydrogens (tertiary/aromatic N) is 1. The highest BCUT2D eigenvalue weighted by atomic mass is 19.4. The summed E-state index contributed by atoms with van der Waals surface area (Å²) >= 11 is 0. The second-order valence-corrected chi connectivity index (χ2v) is 6.09. The number of amides is 1. The van der Waals surface area contributed by atoms with Crippen LogP contribution in [0.25, 0.3) is 10.9 Å². The quantitative estimate of drug-likeness (QED) is 0.884. The van der Waals surface area contributed by atoms with Crippen molar-refractivity contribution in [3.05, 3.63) is 35.5 Å². The van der Waals surface area contributed by atoms with Gasteiger partial charge in [-0.1, -0.05) is 18.2 Å². The highest BCUT2D eigenvalue weighted by Crippen LogP contribution is 2.43. The van der Waals surface area contributed by atoms with Gasteiger partial charge in [0.05, 0.1) is 5.69 Å². The summed E-state index contributed by atoms with van der Waals surface area (Å²) in [4.78, 5) is 26.5. The van der Waals surface area contributed by atoms with E-state index < -0.39 is 24.1 Å². The molecule has 0 radical (unpaired) electrons. The number of aromatic nitrogens is 1. The Hall–Kier alpha value is -2.51. The third-order valence-electron chi connectivity index (χ3n) is 4.45. The number of halogens is 3. The van der Waals surface area contributed by atoms with Crippen molar-refractivity contribution in [1.29, 1.82) is 0 Å². The van der Waals surface area contributed by atoms with Crippen LogP contribution < -0.4 is 0 Å². The van der Waals surface area contributed by atoms with Crippen molar-refractivity contribution >= 4 is 22.8 Å². The number of H-pyrrole nitrogens is 1. The lowest BCUT2D eigenvalue weighted by Gasteiger charge is -2.37. The van der Waals surface area contributed by atoms with Crippen LogP contribution in [0, 0.1) is 0 Å². The average molecular weight is 354 g/mol. The number of para-hydroxylation sites is 1. The molecule has 0 spiro atoms. The minimum atomic E-state index is -4.61. The van der Waals surface area contributed by atoms with Crippen molar-refractivity contribution in [2.75, 3.05) is 6.54 Å². The monoisotopic (exact) mass is 354 g/mol. The second-order valence-electron chi connectivity index (χ2n) is 6.09. The van der Waals surface area contributed by atoms with E-state index in [0.29, 0.717) is 17.5 Å². The zero-order chi connectivity index (χ0) is 18.2. The molecule has 2 aromatic rings. The van der Waals surface area contributed by atoms with E-state index in [2.05, 4.69) is 4.98 Å². The molecule has 5 nitrogen and oxygen atoms in total. The summed E-state index contributed by atoms with van der Waals surface area (Å²) in [6, 6.07) is 4.95. The van der Waals surface area contributed by atoms with Gasteiger partial charge < -0.3 is 15.0 Å². The first kappa shape index (κ1) is 17.3. The zero-order valence-electron chi connectivity index (χ0n) is 13.3. The Morgan fingerprint density at radius 2 is 1.96 bits per heavy atom. The Labute approximate surface area is 141 Å². The van der Waals surface area contributed by atoms with Crippen LogP contribution in [0.5, 0.6) is 0 Å². The number of rotatable bonds is 4. The molecule has 2 N–H and O–H groups in total. The molecule has 1 aliphatic rings. The molecular formula is C17H17F3N2O3. The Kier molecular flexibility index (Phi) is 4.45. The molecule has 3 rings (SSSR count). The number of aliphatic carboxylic acids is 1. The molecule has 1 aromatic carbocycles. The normalized spacial score (nSPS) is 17.6. The fourth-order valence-corrected chi connectivity index (χ4v) is 3.38. The number of fused-ring (bicyclic) bond motifs is 3. The van der Waals surface area contributed by atoms with Crippen LogP contribution in [0.1, 0.15) is 36.6 Å². The number of carbonyl (C=O) groups excluding carboxylic acids is 1. The molecule has 0 unspecified atom stereocenters. The van der Waals surface area contributed by atoms with Gasteiger partial charge in [-0.05, 0) is 24.5 Å². The smallest absolute Gasteiger partial charge is 0.414 e. The third kappa shape index (κ3) is 3.33. The van der Waals surface area contributed by atoms with E-state index in [4.69, 9.17) is 5.11 Å². The number of benzene rings is 1. The Bertz CT molecular complexity index is 813. The largest absolute Gasteiger partial charge is 0.481 e. The minimum Gasteiger partial charge on any atom is -0.481 e. The van der Waals surface area contributed by atoms with Gasteiger partial charge in [0, 0.05) is 30.3 Å². The molecule has 1 aromatic heterocycles.